The summed E-state index contributed by atoms with van der Waals surface area (Å²) in [5.41, 5.74) is -0.692. The first-order valence-electron chi connectivity index (χ1n) is 4.23. The van der Waals surface area contributed by atoms with Crippen LogP contribution < -0.4 is 0 Å². The van der Waals surface area contributed by atoms with Gasteiger partial charge in [-0.15, -0.1) is 11.6 Å². The average molecular weight is 237 g/mol. The van der Waals surface area contributed by atoms with E-state index in [0.717, 1.165) is 18.2 Å². The largest absolute Gasteiger partial charge is 0.294 e. The summed E-state index contributed by atoms with van der Waals surface area (Å²) in [4.78, 5) is 11.3. The maximum absolute atomic E-state index is 13.1. The van der Waals surface area contributed by atoms with E-state index in [1.165, 1.54) is 0 Å². The second-order valence-corrected chi connectivity index (χ2v) is 3.28. The van der Waals surface area contributed by atoms with Crippen molar-refractivity contribution in [2.75, 3.05) is 5.88 Å². The van der Waals surface area contributed by atoms with Gasteiger partial charge in [-0.25, -0.2) is 13.2 Å². The van der Waals surface area contributed by atoms with Crippen LogP contribution in [0.1, 0.15) is 28.8 Å². The Bertz CT molecular complexity index is 366. The molecule has 1 rings (SSSR count). The molecule has 0 amide bonds. The first-order valence-corrected chi connectivity index (χ1v) is 4.76. The molecule has 1 aromatic carbocycles. The number of benzene rings is 1. The Labute approximate surface area is 89.9 Å². The minimum atomic E-state index is -2.71. The van der Waals surface area contributed by atoms with Crippen molar-refractivity contribution in [2.45, 2.75) is 12.8 Å². The molecule has 0 aliphatic heterocycles. The molecule has 0 bridgehead atoms. The predicted octanol–water partition coefficient (Wildman–Crippen LogP) is 3.57. The summed E-state index contributed by atoms with van der Waals surface area (Å²) < 4.78 is 37.6. The van der Waals surface area contributed by atoms with Crippen LogP contribution in [0.3, 0.4) is 0 Å². The molecule has 1 aromatic rings. The van der Waals surface area contributed by atoms with Crippen LogP contribution in [0.15, 0.2) is 18.2 Å². The minimum Gasteiger partial charge on any atom is -0.294 e. The number of halogens is 4. The monoisotopic (exact) mass is 236 g/mol. The second-order valence-electron chi connectivity index (χ2n) is 2.90. The lowest BCUT2D eigenvalue weighted by atomic mass is 10.1. The van der Waals surface area contributed by atoms with Crippen LogP contribution in [-0.4, -0.2) is 11.7 Å². The molecule has 0 aromatic heterocycles. The van der Waals surface area contributed by atoms with E-state index < -0.39 is 18.0 Å². The van der Waals surface area contributed by atoms with Gasteiger partial charge in [-0.2, -0.15) is 0 Å². The van der Waals surface area contributed by atoms with Crippen molar-refractivity contribution < 1.29 is 18.0 Å². The predicted molar refractivity (Wildman–Crippen MR) is 51.0 cm³/mol. The van der Waals surface area contributed by atoms with E-state index in [9.17, 15) is 18.0 Å². The van der Waals surface area contributed by atoms with E-state index in [1.54, 1.807) is 0 Å². The summed E-state index contributed by atoms with van der Waals surface area (Å²) in [6.45, 7) is 0. The van der Waals surface area contributed by atoms with Gasteiger partial charge in [-0.05, 0) is 12.1 Å². The van der Waals surface area contributed by atoms with E-state index in [0.29, 0.717) is 0 Å². The minimum absolute atomic E-state index is 0.0389. The van der Waals surface area contributed by atoms with Crippen LogP contribution in [0.2, 0.25) is 0 Å². The maximum atomic E-state index is 13.1. The van der Waals surface area contributed by atoms with Crippen LogP contribution in [-0.2, 0) is 0 Å². The van der Waals surface area contributed by atoms with Crippen LogP contribution in [0.25, 0.3) is 0 Å². The van der Waals surface area contributed by atoms with Gasteiger partial charge in [-0.3, -0.25) is 4.79 Å². The van der Waals surface area contributed by atoms with Gasteiger partial charge in [0.2, 0.25) is 0 Å². The number of hydrogen-bond acceptors (Lipinski definition) is 1. The number of ketones is 1. The molecule has 0 saturated heterocycles. The van der Waals surface area contributed by atoms with Gasteiger partial charge in [0.25, 0.3) is 6.43 Å². The Morgan fingerprint density at radius 1 is 1.40 bits per heavy atom. The highest BCUT2D eigenvalue weighted by Gasteiger charge is 2.15. The fraction of sp³-hybridized carbons (Fsp3) is 0.300. The third-order valence-electron chi connectivity index (χ3n) is 1.86. The first-order chi connectivity index (χ1) is 7.06. The smallest absolute Gasteiger partial charge is 0.263 e. The Morgan fingerprint density at radius 3 is 2.60 bits per heavy atom. The highest BCUT2D eigenvalue weighted by atomic mass is 35.5. The molecule has 1 nitrogen and oxygen atoms in total. The topological polar surface area (TPSA) is 17.1 Å². The van der Waals surface area contributed by atoms with Gasteiger partial charge in [0.15, 0.2) is 5.78 Å². The molecule has 0 N–H and O–H groups in total. The van der Waals surface area contributed by atoms with Crippen LogP contribution in [0, 0.1) is 5.82 Å². The molecular weight excluding hydrogens is 229 g/mol. The van der Waals surface area contributed by atoms with Crippen molar-refractivity contribution in [3.63, 3.8) is 0 Å². The number of carbonyl (C=O) groups excluding carboxylic acids is 1. The van der Waals surface area contributed by atoms with Crippen LogP contribution >= 0.6 is 11.6 Å². The van der Waals surface area contributed by atoms with Crippen LogP contribution in [0.4, 0.5) is 13.2 Å². The quantitative estimate of drug-likeness (QED) is 0.577. The maximum Gasteiger partial charge on any atom is 0.263 e. The van der Waals surface area contributed by atoms with Gasteiger partial charge in [0.1, 0.15) is 5.82 Å². The van der Waals surface area contributed by atoms with Crippen molar-refractivity contribution >= 4 is 17.4 Å². The van der Waals surface area contributed by atoms with Crippen molar-refractivity contribution in [1.29, 1.82) is 0 Å². The molecule has 0 fully saturated rings. The van der Waals surface area contributed by atoms with Crippen molar-refractivity contribution in [3.8, 4) is 0 Å². The van der Waals surface area contributed by atoms with E-state index in [1.807, 2.05) is 0 Å². The fourth-order valence-electron chi connectivity index (χ4n) is 1.11. The van der Waals surface area contributed by atoms with E-state index in [-0.39, 0.29) is 23.4 Å². The van der Waals surface area contributed by atoms with Gasteiger partial charge in [0.05, 0.1) is 5.56 Å². The Hall–Kier alpha value is -1.03. The molecule has 0 atom stereocenters. The van der Waals surface area contributed by atoms with Gasteiger partial charge < -0.3 is 0 Å². The number of alkyl halides is 3. The van der Waals surface area contributed by atoms with Gasteiger partial charge in [0, 0.05) is 17.9 Å². The van der Waals surface area contributed by atoms with E-state index in [4.69, 9.17) is 11.6 Å². The second kappa shape index (κ2) is 5.16. The molecule has 0 aliphatic carbocycles. The third kappa shape index (κ3) is 2.96. The number of hydrogen-bond donors (Lipinski definition) is 0. The summed E-state index contributed by atoms with van der Waals surface area (Å²) in [7, 11) is 0. The average Bonchev–Trinajstić information content (AvgIpc) is 2.18. The molecule has 0 saturated carbocycles. The SMILES string of the molecule is O=C(CCCl)c1cc(C(F)F)ccc1F. The van der Waals surface area contributed by atoms with E-state index >= 15 is 0 Å². The highest BCUT2D eigenvalue weighted by Crippen LogP contribution is 2.22. The summed E-state index contributed by atoms with van der Waals surface area (Å²) in [6.07, 6.45) is -2.78. The zero-order valence-electron chi connectivity index (χ0n) is 7.64. The fourth-order valence-corrected chi connectivity index (χ4v) is 1.28. The zero-order chi connectivity index (χ0) is 11.4. The van der Waals surface area contributed by atoms with Crippen molar-refractivity contribution in [3.05, 3.63) is 35.1 Å². The molecule has 5 heteroatoms. The summed E-state index contributed by atoms with van der Waals surface area (Å²) in [5.74, 6) is -1.32. The van der Waals surface area contributed by atoms with Crippen molar-refractivity contribution in [2.24, 2.45) is 0 Å². The Morgan fingerprint density at radius 2 is 2.07 bits per heavy atom. The summed E-state index contributed by atoms with van der Waals surface area (Å²) in [5, 5.41) is 0. The number of rotatable bonds is 4. The molecule has 15 heavy (non-hydrogen) atoms. The normalized spacial score (nSPS) is 10.7. The standard InChI is InChI=1S/C10H8ClF3O/c11-4-3-9(15)7-5-6(10(13)14)1-2-8(7)12/h1-2,5,10H,3-4H2. The number of carbonyl (C=O) groups is 1. The van der Waals surface area contributed by atoms with Crippen LogP contribution in [0.5, 0.6) is 0 Å². The lowest BCUT2D eigenvalue weighted by Crippen LogP contribution is -2.04. The third-order valence-corrected chi connectivity index (χ3v) is 2.05. The lowest BCUT2D eigenvalue weighted by molar-refractivity contribution is 0.0984. The summed E-state index contributed by atoms with van der Waals surface area (Å²) in [6, 6.07) is 2.69. The van der Waals surface area contributed by atoms with Gasteiger partial charge in [-0.1, -0.05) is 6.07 Å². The molecule has 0 heterocycles. The molecule has 0 radical (unpaired) electrons. The van der Waals surface area contributed by atoms with Gasteiger partial charge >= 0.3 is 0 Å². The zero-order valence-corrected chi connectivity index (χ0v) is 8.40. The lowest BCUT2D eigenvalue weighted by Gasteiger charge is -2.04. The first kappa shape index (κ1) is 12.0. The van der Waals surface area contributed by atoms with E-state index in [2.05, 4.69) is 0 Å². The molecule has 82 valence electrons. The Kier molecular flexibility index (Phi) is 4.15. The molecule has 0 aliphatic rings. The summed E-state index contributed by atoms with van der Waals surface area (Å²) >= 11 is 5.31. The number of Topliss-reactive ketones (excluding diaryl/α,β-unsaturated/α-hetero) is 1. The highest BCUT2D eigenvalue weighted by molar-refractivity contribution is 6.19. The molecule has 0 unspecified atom stereocenters. The molecular formula is C10H8ClF3O. The van der Waals surface area contributed by atoms with Crippen molar-refractivity contribution in [1.82, 2.24) is 0 Å². The molecule has 0 spiro atoms. The Balaban J connectivity index is 3.05.